The summed E-state index contributed by atoms with van der Waals surface area (Å²) in [7, 11) is 1.64. The molecule has 0 saturated carbocycles. The van der Waals surface area contributed by atoms with E-state index >= 15 is 0 Å². The summed E-state index contributed by atoms with van der Waals surface area (Å²) in [6.07, 6.45) is 2.28. The van der Waals surface area contributed by atoms with Crippen LogP contribution in [0.3, 0.4) is 0 Å². The van der Waals surface area contributed by atoms with Gasteiger partial charge in [0.25, 0.3) is 0 Å². The molecule has 3 nitrogen and oxygen atoms in total. The number of aryl methyl sites for hydroxylation is 1. The van der Waals surface area contributed by atoms with Crippen molar-refractivity contribution in [2.24, 2.45) is 0 Å². The number of hydrogen-bond donors (Lipinski definition) is 1. The summed E-state index contributed by atoms with van der Waals surface area (Å²) in [4.78, 5) is 0.577. The van der Waals surface area contributed by atoms with Gasteiger partial charge in [-0.15, -0.1) is 0 Å². The van der Waals surface area contributed by atoms with Gasteiger partial charge in [0.05, 0.1) is 12.0 Å². The molecule has 1 atom stereocenters. The van der Waals surface area contributed by atoms with Crippen molar-refractivity contribution in [2.75, 3.05) is 7.11 Å². The summed E-state index contributed by atoms with van der Waals surface area (Å²) < 4.78 is 26.3. The summed E-state index contributed by atoms with van der Waals surface area (Å²) >= 11 is -1.93. The van der Waals surface area contributed by atoms with Crippen molar-refractivity contribution in [3.63, 3.8) is 0 Å². The SMILES string of the molecule is CCc1cc(OC)c(CC)c(CC)c1S(=O)O. The van der Waals surface area contributed by atoms with E-state index in [1.165, 1.54) is 0 Å². The van der Waals surface area contributed by atoms with Crippen LogP contribution in [-0.4, -0.2) is 15.9 Å². The van der Waals surface area contributed by atoms with Crippen LogP contribution in [0, 0.1) is 0 Å². The van der Waals surface area contributed by atoms with Gasteiger partial charge in [0.1, 0.15) is 5.75 Å². The highest BCUT2D eigenvalue weighted by molar-refractivity contribution is 7.79. The van der Waals surface area contributed by atoms with Gasteiger partial charge in [0, 0.05) is 0 Å². The predicted octanol–water partition coefficient (Wildman–Crippen LogP) is 2.96. The number of hydrogen-bond acceptors (Lipinski definition) is 2. The highest BCUT2D eigenvalue weighted by atomic mass is 32.2. The molecule has 0 aliphatic heterocycles. The van der Waals surface area contributed by atoms with Crippen LogP contribution in [0.25, 0.3) is 0 Å². The summed E-state index contributed by atoms with van der Waals surface area (Å²) in [6.45, 7) is 6.02. The van der Waals surface area contributed by atoms with E-state index in [1.807, 2.05) is 26.8 Å². The molecule has 0 saturated heterocycles. The topological polar surface area (TPSA) is 46.5 Å². The Hall–Kier alpha value is -0.870. The maximum absolute atomic E-state index is 11.5. The zero-order chi connectivity index (χ0) is 13.0. The molecule has 1 N–H and O–H groups in total. The molecule has 0 heterocycles. The fourth-order valence-electron chi connectivity index (χ4n) is 2.21. The first-order valence-electron chi connectivity index (χ1n) is 5.93. The molecule has 0 aromatic heterocycles. The van der Waals surface area contributed by atoms with E-state index in [0.29, 0.717) is 4.90 Å². The van der Waals surface area contributed by atoms with Crippen molar-refractivity contribution in [2.45, 2.75) is 44.9 Å². The standard InChI is InChI=1S/C13H20O3S/c1-5-9-8-12(16-4)10(6-2)11(7-3)13(9)17(14)15/h8H,5-7H2,1-4H3,(H,14,15). The van der Waals surface area contributed by atoms with E-state index in [9.17, 15) is 8.76 Å². The first-order chi connectivity index (χ1) is 8.10. The molecule has 0 bridgehead atoms. The second-order valence-electron chi connectivity index (χ2n) is 3.83. The minimum absolute atomic E-state index is 0.577. The quantitative estimate of drug-likeness (QED) is 0.824. The second kappa shape index (κ2) is 6.17. The minimum Gasteiger partial charge on any atom is -0.496 e. The van der Waals surface area contributed by atoms with Gasteiger partial charge in [0.15, 0.2) is 11.1 Å². The Morgan fingerprint density at radius 2 is 1.76 bits per heavy atom. The Kier molecular flexibility index (Phi) is 5.15. The molecule has 0 fully saturated rings. The van der Waals surface area contributed by atoms with Gasteiger partial charge >= 0.3 is 0 Å². The lowest BCUT2D eigenvalue weighted by Gasteiger charge is -2.17. The predicted molar refractivity (Wildman–Crippen MR) is 70.2 cm³/mol. The van der Waals surface area contributed by atoms with Gasteiger partial charge < -0.3 is 9.29 Å². The Labute approximate surface area is 105 Å². The lowest BCUT2D eigenvalue weighted by molar-refractivity contribution is 0.408. The van der Waals surface area contributed by atoms with Crippen molar-refractivity contribution in [1.29, 1.82) is 0 Å². The van der Waals surface area contributed by atoms with E-state index in [0.717, 1.165) is 41.7 Å². The van der Waals surface area contributed by atoms with Gasteiger partial charge in [-0.05, 0) is 42.0 Å². The van der Waals surface area contributed by atoms with E-state index in [4.69, 9.17) is 4.74 Å². The molecule has 17 heavy (non-hydrogen) atoms. The molecule has 0 aliphatic rings. The molecule has 1 rings (SSSR count). The molecule has 1 aromatic rings. The molecule has 96 valence electrons. The average molecular weight is 256 g/mol. The van der Waals surface area contributed by atoms with Gasteiger partial charge in [0.2, 0.25) is 0 Å². The summed E-state index contributed by atoms with van der Waals surface area (Å²) in [6, 6.07) is 1.89. The first-order valence-corrected chi connectivity index (χ1v) is 7.03. The number of benzene rings is 1. The second-order valence-corrected chi connectivity index (χ2v) is 4.74. The van der Waals surface area contributed by atoms with Crippen LogP contribution in [0.4, 0.5) is 0 Å². The molecule has 0 radical (unpaired) electrons. The lowest BCUT2D eigenvalue weighted by Crippen LogP contribution is -2.07. The van der Waals surface area contributed by atoms with Crippen LogP contribution in [0.1, 0.15) is 37.5 Å². The fraction of sp³-hybridized carbons (Fsp3) is 0.538. The van der Waals surface area contributed by atoms with Gasteiger partial charge in [-0.25, -0.2) is 4.21 Å². The summed E-state index contributed by atoms with van der Waals surface area (Å²) in [5, 5.41) is 0. The van der Waals surface area contributed by atoms with Crippen molar-refractivity contribution in [3.05, 3.63) is 22.8 Å². The van der Waals surface area contributed by atoms with Crippen LogP contribution in [0.2, 0.25) is 0 Å². The Bertz CT molecular complexity index is 427. The van der Waals surface area contributed by atoms with Gasteiger partial charge in [-0.1, -0.05) is 20.8 Å². The summed E-state index contributed by atoms with van der Waals surface area (Å²) in [5.41, 5.74) is 2.91. The van der Waals surface area contributed by atoms with Gasteiger partial charge in [-0.3, -0.25) is 0 Å². The zero-order valence-electron chi connectivity index (χ0n) is 10.9. The van der Waals surface area contributed by atoms with Crippen LogP contribution in [0.15, 0.2) is 11.0 Å². The first kappa shape index (κ1) is 14.2. The summed E-state index contributed by atoms with van der Waals surface area (Å²) in [5.74, 6) is 0.829. The van der Waals surface area contributed by atoms with Crippen molar-refractivity contribution >= 4 is 11.1 Å². The Balaban J connectivity index is 3.61. The molecule has 4 heteroatoms. The molecular weight excluding hydrogens is 236 g/mol. The van der Waals surface area contributed by atoms with Crippen molar-refractivity contribution in [1.82, 2.24) is 0 Å². The maximum atomic E-state index is 11.5. The Morgan fingerprint density at radius 3 is 2.12 bits per heavy atom. The van der Waals surface area contributed by atoms with Crippen molar-refractivity contribution < 1.29 is 13.5 Å². The smallest absolute Gasteiger partial charge is 0.187 e. The third kappa shape index (κ3) is 2.69. The van der Waals surface area contributed by atoms with E-state index in [1.54, 1.807) is 7.11 Å². The van der Waals surface area contributed by atoms with Gasteiger partial charge in [-0.2, -0.15) is 0 Å². The highest BCUT2D eigenvalue weighted by Crippen LogP contribution is 2.32. The molecule has 0 spiro atoms. The molecular formula is C13H20O3S. The maximum Gasteiger partial charge on any atom is 0.187 e. The van der Waals surface area contributed by atoms with Crippen LogP contribution in [-0.2, 0) is 30.3 Å². The fourth-order valence-corrected chi connectivity index (χ4v) is 3.12. The number of methoxy groups -OCH3 is 1. The molecule has 0 amide bonds. The monoisotopic (exact) mass is 256 g/mol. The number of ether oxygens (including phenoxy) is 1. The van der Waals surface area contributed by atoms with Crippen molar-refractivity contribution in [3.8, 4) is 5.75 Å². The molecule has 1 aromatic carbocycles. The number of rotatable bonds is 5. The van der Waals surface area contributed by atoms with Crippen LogP contribution in [0.5, 0.6) is 5.75 Å². The normalized spacial score (nSPS) is 12.5. The molecule has 0 aliphatic carbocycles. The van der Waals surface area contributed by atoms with E-state index in [-0.39, 0.29) is 0 Å². The third-order valence-electron chi connectivity index (χ3n) is 3.02. The van der Waals surface area contributed by atoms with E-state index < -0.39 is 11.1 Å². The Morgan fingerprint density at radius 1 is 1.18 bits per heavy atom. The highest BCUT2D eigenvalue weighted by Gasteiger charge is 2.19. The third-order valence-corrected chi connectivity index (χ3v) is 3.87. The largest absolute Gasteiger partial charge is 0.496 e. The molecule has 1 unspecified atom stereocenters. The average Bonchev–Trinajstić information content (AvgIpc) is 2.35. The van der Waals surface area contributed by atoms with E-state index in [2.05, 4.69) is 0 Å². The zero-order valence-corrected chi connectivity index (χ0v) is 11.7. The van der Waals surface area contributed by atoms with Crippen LogP contribution >= 0.6 is 0 Å². The lowest BCUT2D eigenvalue weighted by atomic mass is 9.97. The minimum atomic E-state index is -1.93. The van der Waals surface area contributed by atoms with Crippen LogP contribution < -0.4 is 4.74 Å².